The van der Waals surface area contributed by atoms with Gasteiger partial charge in [0, 0.05) is 5.69 Å². The number of amides is 2. The predicted molar refractivity (Wildman–Crippen MR) is 89.1 cm³/mol. The van der Waals surface area contributed by atoms with Crippen LogP contribution in [0.1, 0.15) is 49.4 Å². The van der Waals surface area contributed by atoms with Crippen LogP contribution in [0.3, 0.4) is 0 Å². The highest BCUT2D eigenvalue weighted by Gasteiger charge is 2.23. The molecule has 2 amide bonds. The number of aromatic nitrogens is 1. The van der Waals surface area contributed by atoms with Gasteiger partial charge < -0.3 is 20.8 Å². The molecule has 0 fully saturated rings. The van der Waals surface area contributed by atoms with Gasteiger partial charge in [-0.2, -0.15) is 0 Å². The number of para-hydroxylation sites is 1. The van der Waals surface area contributed by atoms with E-state index in [2.05, 4.69) is 10.3 Å². The molecule has 7 heteroatoms. The number of nitrogens with two attached hydrogens (primary N) is 1. The standard InChI is InChI=1S/C17H19N3O4/c1-4-24-17(23)13-9(2)14(19-10(13)3)16(22)20-12-8-6-5-7-11(12)15(18)21/h5-8,19H,4H2,1-3H3,(H2,18,21)(H,20,22). The van der Waals surface area contributed by atoms with Crippen LogP contribution in [0, 0.1) is 13.8 Å². The first-order valence-electron chi connectivity index (χ1n) is 7.43. The smallest absolute Gasteiger partial charge is 0.340 e. The Morgan fingerprint density at radius 1 is 1.21 bits per heavy atom. The van der Waals surface area contributed by atoms with Crippen LogP contribution in [0.15, 0.2) is 24.3 Å². The fourth-order valence-electron chi connectivity index (χ4n) is 2.48. The molecule has 0 aliphatic rings. The first kappa shape index (κ1) is 17.3. The molecule has 0 bridgehead atoms. The van der Waals surface area contributed by atoms with Gasteiger partial charge in [0.2, 0.25) is 0 Å². The van der Waals surface area contributed by atoms with Crippen LogP contribution in [0.5, 0.6) is 0 Å². The van der Waals surface area contributed by atoms with Crippen LogP contribution < -0.4 is 11.1 Å². The topological polar surface area (TPSA) is 114 Å². The summed E-state index contributed by atoms with van der Waals surface area (Å²) in [6, 6.07) is 6.43. The molecule has 7 nitrogen and oxygen atoms in total. The van der Waals surface area contributed by atoms with E-state index in [1.165, 1.54) is 6.07 Å². The summed E-state index contributed by atoms with van der Waals surface area (Å²) < 4.78 is 5.00. The molecule has 0 saturated heterocycles. The number of hydrogen-bond donors (Lipinski definition) is 3. The quantitative estimate of drug-likeness (QED) is 0.729. The number of primary amides is 1. The third kappa shape index (κ3) is 3.29. The molecule has 2 rings (SSSR count). The van der Waals surface area contributed by atoms with Crippen LogP contribution >= 0.6 is 0 Å². The Kier molecular flexibility index (Phi) is 5.03. The van der Waals surface area contributed by atoms with Crippen LogP contribution in [-0.4, -0.2) is 29.4 Å². The fourth-order valence-corrected chi connectivity index (χ4v) is 2.48. The van der Waals surface area contributed by atoms with Crippen molar-refractivity contribution in [3.05, 3.63) is 52.3 Å². The third-order valence-corrected chi connectivity index (χ3v) is 3.58. The van der Waals surface area contributed by atoms with Crippen molar-refractivity contribution in [3.63, 3.8) is 0 Å². The minimum absolute atomic E-state index is 0.206. The zero-order chi connectivity index (χ0) is 17.9. The van der Waals surface area contributed by atoms with Gasteiger partial charge >= 0.3 is 5.97 Å². The van der Waals surface area contributed by atoms with Crippen molar-refractivity contribution in [1.29, 1.82) is 0 Å². The van der Waals surface area contributed by atoms with Gasteiger partial charge in [0.25, 0.3) is 11.8 Å². The van der Waals surface area contributed by atoms with Crippen LogP contribution in [0.4, 0.5) is 5.69 Å². The molecule has 0 atom stereocenters. The van der Waals surface area contributed by atoms with Gasteiger partial charge in [-0.25, -0.2) is 4.79 Å². The van der Waals surface area contributed by atoms with Crippen LogP contribution in [0.2, 0.25) is 0 Å². The number of H-pyrrole nitrogens is 1. The molecule has 2 aromatic rings. The third-order valence-electron chi connectivity index (χ3n) is 3.58. The molecule has 1 aromatic carbocycles. The monoisotopic (exact) mass is 329 g/mol. The number of nitrogens with one attached hydrogen (secondary N) is 2. The number of anilines is 1. The lowest BCUT2D eigenvalue weighted by Crippen LogP contribution is -2.19. The minimum Gasteiger partial charge on any atom is -0.462 e. The summed E-state index contributed by atoms with van der Waals surface area (Å²) in [7, 11) is 0. The number of carbonyl (C=O) groups excluding carboxylic acids is 3. The van der Waals surface area contributed by atoms with E-state index < -0.39 is 17.8 Å². The van der Waals surface area contributed by atoms with Gasteiger partial charge in [0.1, 0.15) is 5.69 Å². The Bertz CT molecular complexity index is 808. The molecule has 24 heavy (non-hydrogen) atoms. The molecule has 0 spiro atoms. The number of aromatic amines is 1. The zero-order valence-corrected chi connectivity index (χ0v) is 13.7. The lowest BCUT2D eigenvalue weighted by molar-refractivity contribution is 0.0525. The number of ether oxygens (including phenoxy) is 1. The molecule has 0 radical (unpaired) electrons. The highest BCUT2D eigenvalue weighted by Crippen LogP contribution is 2.21. The number of aryl methyl sites for hydroxylation is 1. The molecule has 126 valence electrons. The van der Waals surface area contributed by atoms with Crippen molar-refractivity contribution in [1.82, 2.24) is 4.98 Å². The van der Waals surface area contributed by atoms with E-state index in [4.69, 9.17) is 10.5 Å². The average Bonchev–Trinajstić information content (AvgIpc) is 2.82. The van der Waals surface area contributed by atoms with E-state index in [1.54, 1.807) is 39.0 Å². The summed E-state index contributed by atoms with van der Waals surface area (Å²) in [5, 5.41) is 2.64. The maximum atomic E-state index is 12.5. The number of carbonyl (C=O) groups is 3. The Labute approximate surface area is 139 Å². The molecule has 0 saturated carbocycles. The summed E-state index contributed by atoms with van der Waals surface area (Å²) in [6.45, 7) is 5.30. The number of esters is 1. The van der Waals surface area contributed by atoms with E-state index in [0.717, 1.165) is 0 Å². The number of hydrogen-bond acceptors (Lipinski definition) is 4. The van der Waals surface area contributed by atoms with Crippen molar-refractivity contribution in [3.8, 4) is 0 Å². The number of benzene rings is 1. The van der Waals surface area contributed by atoms with Crippen LogP contribution in [-0.2, 0) is 4.74 Å². The summed E-state index contributed by atoms with van der Waals surface area (Å²) in [4.78, 5) is 38.8. The normalized spacial score (nSPS) is 10.3. The van der Waals surface area contributed by atoms with Crippen molar-refractivity contribution in [2.45, 2.75) is 20.8 Å². The van der Waals surface area contributed by atoms with Crippen molar-refractivity contribution >= 4 is 23.5 Å². The fraction of sp³-hybridized carbons (Fsp3) is 0.235. The van der Waals surface area contributed by atoms with Gasteiger partial charge in [-0.15, -0.1) is 0 Å². The molecule has 0 aliphatic heterocycles. The second-order valence-electron chi connectivity index (χ2n) is 5.21. The SMILES string of the molecule is CCOC(=O)c1c(C)[nH]c(C(=O)Nc2ccccc2C(N)=O)c1C. The van der Waals surface area contributed by atoms with E-state index in [1.807, 2.05) is 0 Å². The number of rotatable bonds is 5. The highest BCUT2D eigenvalue weighted by molar-refractivity contribution is 6.10. The van der Waals surface area contributed by atoms with E-state index in [0.29, 0.717) is 22.5 Å². The summed E-state index contributed by atoms with van der Waals surface area (Å²) in [5.41, 5.74) is 7.41. The van der Waals surface area contributed by atoms with E-state index in [-0.39, 0.29) is 17.9 Å². The lowest BCUT2D eigenvalue weighted by Gasteiger charge is -2.08. The first-order valence-corrected chi connectivity index (χ1v) is 7.43. The molecule has 0 aliphatic carbocycles. The predicted octanol–water partition coefficient (Wildman–Crippen LogP) is 2.16. The average molecular weight is 329 g/mol. The largest absolute Gasteiger partial charge is 0.462 e. The summed E-state index contributed by atoms with van der Waals surface area (Å²) in [5.74, 6) is -1.60. The van der Waals surface area contributed by atoms with Crippen molar-refractivity contribution in [2.75, 3.05) is 11.9 Å². The molecule has 0 unspecified atom stereocenters. The molecular formula is C17H19N3O4. The van der Waals surface area contributed by atoms with E-state index >= 15 is 0 Å². The maximum Gasteiger partial charge on any atom is 0.340 e. The molecular weight excluding hydrogens is 310 g/mol. The van der Waals surface area contributed by atoms with Gasteiger partial charge in [-0.1, -0.05) is 12.1 Å². The Hall–Kier alpha value is -3.09. The Morgan fingerprint density at radius 2 is 1.88 bits per heavy atom. The van der Waals surface area contributed by atoms with Gasteiger partial charge in [-0.05, 0) is 38.5 Å². The zero-order valence-electron chi connectivity index (χ0n) is 13.7. The van der Waals surface area contributed by atoms with Crippen molar-refractivity contribution in [2.24, 2.45) is 5.73 Å². The lowest BCUT2D eigenvalue weighted by atomic mass is 10.1. The first-order chi connectivity index (χ1) is 11.4. The van der Waals surface area contributed by atoms with Gasteiger partial charge in [0.15, 0.2) is 0 Å². The highest BCUT2D eigenvalue weighted by atomic mass is 16.5. The second-order valence-corrected chi connectivity index (χ2v) is 5.21. The van der Waals surface area contributed by atoms with Gasteiger partial charge in [-0.3, -0.25) is 9.59 Å². The molecule has 4 N–H and O–H groups in total. The maximum absolute atomic E-state index is 12.5. The molecule has 1 heterocycles. The summed E-state index contributed by atoms with van der Waals surface area (Å²) in [6.07, 6.45) is 0. The summed E-state index contributed by atoms with van der Waals surface area (Å²) >= 11 is 0. The van der Waals surface area contributed by atoms with Gasteiger partial charge in [0.05, 0.1) is 23.4 Å². The minimum atomic E-state index is -0.641. The van der Waals surface area contributed by atoms with E-state index in [9.17, 15) is 14.4 Å². The second kappa shape index (κ2) is 6.99. The Balaban J connectivity index is 2.34. The van der Waals surface area contributed by atoms with Crippen molar-refractivity contribution < 1.29 is 19.1 Å². The Morgan fingerprint density at radius 3 is 2.50 bits per heavy atom. The molecule has 1 aromatic heterocycles. The van der Waals surface area contributed by atoms with Crippen LogP contribution in [0.25, 0.3) is 0 Å².